The van der Waals surface area contributed by atoms with E-state index in [9.17, 15) is 14.7 Å². The van der Waals surface area contributed by atoms with Crippen molar-refractivity contribution in [3.63, 3.8) is 0 Å². The van der Waals surface area contributed by atoms with E-state index in [-0.39, 0.29) is 17.7 Å². The summed E-state index contributed by atoms with van der Waals surface area (Å²) in [5.41, 5.74) is 0. The van der Waals surface area contributed by atoms with E-state index in [0.717, 1.165) is 12.8 Å². The zero-order valence-electron chi connectivity index (χ0n) is 13.0. The third-order valence-corrected chi connectivity index (χ3v) is 4.66. The number of nitrogens with zero attached hydrogens (tertiary/aromatic N) is 1. The molecule has 1 saturated carbocycles. The summed E-state index contributed by atoms with van der Waals surface area (Å²) in [4.78, 5) is 26.2. The number of hydrogen-bond acceptors (Lipinski definition) is 3. The lowest BCUT2D eigenvalue weighted by Crippen LogP contribution is -2.38. The number of carbonyl (C=O) groups is 2. The van der Waals surface area contributed by atoms with Gasteiger partial charge in [0, 0.05) is 25.6 Å². The highest BCUT2D eigenvalue weighted by molar-refractivity contribution is 5.89. The second-order valence-corrected chi connectivity index (χ2v) is 6.52. The Morgan fingerprint density at radius 3 is 2.62 bits per heavy atom. The molecule has 1 aliphatic heterocycles. The number of likely N-dealkylation sites (tertiary alicyclic amines) is 1. The molecule has 2 atom stereocenters. The van der Waals surface area contributed by atoms with Gasteiger partial charge in [-0.1, -0.05) is 25.7 Å². The third-order valence-electron chi connectivity index (χ3n) is 4.66. The minimum atomic E-state index is -0.405. The first-order chi connectivity index (χ1) is 10.1. The molecule has 2 amide bonds. The van der Waals surface area contributed by atoms with Crippen molar-refractivity contribution in [2.75, 3.05) is 13.1 Å². The molecule has 21 heavy (non-hydrogen) atoms. The van der Waals surface area contributed by atoms with Gasteiger partial charge in [0.15, 0.2) is 0 Å². The molecule has 0 aromatic heterocycles. The summed E-state index contributed by atoms with van der Waals surface area (Å²) >= 11 is 0. The highest BCUT2D eigenvalue weighted by Crippen LogP contribution is 2.28. The molecular formula is C16H28N2O3. The topological polar surface area (TPSA) is 69.6 Å². The number of carbonyl (C=O) groups excluding carboxylic acids is 2. The van der Waals surface area contributed by atoms with Crippen LogP contribution in [0.1, 0.15) is 58.3 Å². The number of rotatable bonds is 5. The lowest BCUT2D eigenvalue weighted by Gasteiger charge is -2.27. The third kappa shape index (κ3) is 4.70. The largest absolute Gasteiger partial charge is 0.393 e. The van der Waals surface area contributed by atoms with Crippen LogP contribution >= 0.6 is 0 Å². The average Bonchev–Trinajstić information content (AvgIpc) is 2.65. The molecule has 5 nitrogen and oxygen atoms in total. The maximum atomic E-state index is 12.2. The lowest BCUT2D eigenvalue weighted by molar-refractivity contribution is -0.130. The Hall–Kier alpha value is -1.10. The van der Waals surface area contributed by atoms with Crippen molar-refractivity contribution < 1.29 is 14.7 Å². The van der Waals surface area contributed by atoms with Crippen LogP contribution in [0.15, 0.2) is 0 Å². The quantitative estimate of drug-likeness (QED) is 0.754. The highest BCUT2D eigenvalue weighted by Gasteiger charge is 2.37. The van der Waals surface area contributed by atoms with E-state index < -0.39 is 6.10 Å². The van der Waals surface area contributed by atoms with Crippen LogP contribution < -0.4 is 5.32 Å². The van der Waals surface area contributed by atoms with Gasteiger partial charge < -0.3 is 15.3 Å². The molecule has 1 heterocycles. The van der Waals surface area contributed by atoms with Crippen LogP contribution in [0.25, 0.3) is 0 Å². The molecule has 5 heteroatoms. The van der Waals surface area contributed by atoms with Crippen molar-refractivity contribution in [3.8, 4) is 0 Å². The number of aliphatic hydroxyl groups excluding tert-OH is 1. The number of hydrogen-bond donors (Lipinski definition) is 2. The fourth-order valence-corrected chi connectivity index (χ4v) is 3.38. The minimum absolute atomic E-state index is 0.0416. The van der Waals surface area contributed by atoms with Gasteiger partial charge in [-0.05, 0) is 26.2 Å². The summed E-state index contributed by atoms with van der Waals surface area (Å²) in [6.45, 7) is 2.76. The fourth-order valence-electron chi connectivity index (χ4n) is 3.38. The first kappa shape index (κ1) is 16.3. The van der Waals surface area contributed by atoms with Gasteiger partial charge in [0.05, 0.1) is 12.0 Å². The van der Waals surface area contributed by atoms with Gasteiger partial charge in [-0.25, -0.2) is 0 Å². The predicted molar refractivity (Wildman–Crippen MR) is 80.6 cm³/mol. The standard InChI is InChI=1S/C16H28N2O3/c1-12(19)8-9-17-16(21)13-10-15(20)18(11-13)14-6-4-2-3-5-7-14/h12-14,19H,2-11H2,1H3,(H,17,21). The minimum Gasteiger partial charge on any atom is -0.393 e. The van der Waals surface area contributed by atoms with E-state index in [4.69, 9.17) is 0 Å². The van der Waals surface area contributed by atoms with Crippen molar-refractivity contribution in [2.45, 2.75) is 70.4 Å². The second kappa shape index (κ2) is 7.78. The van der Waals surface area contributed by atoms with Gasteiger partial charge >= 0.3 is 0 Å². The normalized spacial score (nSPS) is 25.7. The molecule has 2 unspecified atom stereocenters. The summed E-state index contributed by atoms with van der Waals surface area (Å²) in [5.74, 6) is -0.118. The van der Waals surface area contributed by atoms with E-state index in [2.05, 4.69) is 5.32 Å². The van der Waals surface area contributed by atoms with E-state index in [1.54, 1.807) is 6.92 Å². The van der Waals surface area contributed by atoms with Crippen LogP contribution in [-0.4, -0.2) is 47.1 Å². The molecule has 0 bridgehead atoms. The molecule has 0 radical (unpaired) electrons. The maximum absolute atomic E-state index is 12.2. The van der Waals surface area contributed by atoms with Crippen molar-refractivity contribution >= 4 is 11.8 Å². The smallest absolute Gasteiger partial charge is 0.225 e. The van der Waals surface area contributed by atoms with E-state index in [0.29, 0.717) is 32.0 Å². The monoisotopic (exact) mass is 296 g/mol. The first-order valence-corrected chi connectivity index (χ1v) is 8.33. The molecule has 2 N–H and O–H groups in total. The zero-order valence-corrected chi connectivity index (χ0v) is 13.0. The van der Waals surface area contributed by atoms with E-state index in [1.807, 2.05) is 4.90 Å². The van der Waals surface area contributed by atoms with Gasteiger partial charge in [0.25, 0.3) is 0 Å². The zero-order chi connectivity index (χ0) is 15.2. The average molecular weight is 296 g/mol. The first-order valence-electron chi connectivity index (χ1n) is 8.33. The second-order valence-electron chi connectivity index (χ2n) is 6.52. The van der Waals surface area contributed by atoms with Crippen LogP contribution in [0, 0.1) is 5.92 Å². The summed E-state index contributed by atoms with van der Waals surface area (Å²) < 4.78 is 0. The molecule has 0 spiro atoms. The van der Waals surface area contributed by atoms with Gasteiger partial charge in [0.1, 0.15) is 0 Å². The molecule has 120 valence electrons. The molecule has 0 aromatic rings. The molecular weight excluding hydrogens is 268 g/mol. The number of nitrogens with one attached hydrogen (secondary N) is 1. The van der Waals surface area contributed by atoms with Crippen molar-refractivity contribution in [1.29, 1.82) is 0 Å². The Morgan fingerprint density at radius 2 is 2.00 bits per heavy atom. The van der Waals surface area contributed by atoms with Crippen LogP contribution in [0.5, 0.6) is 0 Å². The van der Waals surface area contributed by atoms with Crippen LogP contribution in [0.2, 0.25) is 0 Å². The number of amides is 2. The Balaban J connectivity index is 1.82. The summed E-state index contributed by atoms with van der Waals surface area (Å²) in [6.07, 6.45) is 7.58. The van der Waals surface area contributed by atoms with Crippen LogP contribution in [-0.2, 0) is 9.59 Å². The molecule has 1 saturated heterocycles. The summed E-state index contributed by atoms with van der Waals surface area (Å²) in [5, 5.41) is 12.0. The van der Waals surface area contributed by atoms with Crippen molar-refractivity contribution in [2.24, 2.45) is 5.92 Å². The van der Waals surface area contributed by atoms with Crippen molar-refractivity contribution in [1.82, 2.24) is 10.2 Å². The molecule has 1 aliphatic carbocycles. The number of aliphatic hydroxyl groups is 1. The Kier molecular flexibility index (Phi) is 6.03. The fraction of sp³-hybridized carbons (Fsp3) is 0.875. The van der Waals surface area contributed by atoms with Crippen molar-refractivity contribution in [3.05, 3.63) is 0 Å². The van der Waals surface area contributed by atoms with Gasteiger partial charge in [-0.3, -0.25) is 9.59 Å². The Morgan fingerprint density at radius 1 is 1.33 bits per heavy atom. The van der Waals surface area contributed by atoms with Gasteiger partial charge in [-0.15, -0.1) is 0 Å². The molecule has 2 fully saturated rings. The maximum Gasteiger partial charge on any atom is 0.225 e. The molecule has 0 aromatic carbocycles. The van der Waals surface area contributed by atoms with Crippen LogP contribution in [0.4, 0.5) is 0 Å². The summed E-state index contributed by atoms with van der Waals surface area (Å²) in [6, 6.07) is 0.343. The van der Waals surface area contributed by atoms with Gasteiger partial charge in [0.2, 0.25) is 11.8 Å². The molecule has 2 aliphatic rings. The van der Waals surface area contributed by atoms with Crippen LogP contribution in [0.3, 0.4) is 0 Å². The van der Waals surface area contributed by atoms with E-state index >= 15 is 0 Å². The Bertz CT molecular complexity index is 363. The highest BCUT2D eigenvalue weighted by atomic mass is 16.3. The Labute approximate surface area is 127 Å². The lowest BCUT2D eigenvalue weighted by atomic mass is 10.1. The predicted octanol–water partition coefficient (Wildman–Crippen LogP) is 1.44. The van der Waals surface area contributed by atoms with Gasteiger partial charge in [-0.2, -0.15) is 0 Å². The molecule has 2 rings (SSSR count). The summed E-state index contributed by atoms with van der Waals surface area (Å²) in [7, 11) is 0. The SMILES string of the molecule is CC(O)CCNC(=O)C1CC(=O)N(C2CCCCCC2)C1. The van der Waals surface area contributed by atoms with E-state index in [1.165, 1.54) is 25.7 Å².